The van der Waals surface area contributed by atoms with Gasteiger partial charge in [0.2, 0.25) is 0 Å². The van der Waals surface area contributed by atoms with Gasteiger partial charge in [-0.25, -0.2) is 0 Å². The minimum Gasteiger partial charge on any atom is -0.300 e. The molecule has 0 heterocycles. The van der Waals surface area contributed by atoms with E-state index in [9.17, 15) is 0 Å². The van der Waals surface area contributed by atoms with Crippen LogP contribution in [0.25, 0.3) is 0 Å². The zero-order valence-electron chi connectivity index (χ0n) is 12.1. The second kappa shape index (κ2) is 19.3. The molecule has 0 aliphatic heterocycles. The molecule has 15 heavy (non-hydrogen) atoms. The Morgan fingerprint density at radius 3 is 1.67 bits per heavy atom. The van der Waals surface area contributed by atoms with Crippen molar-refractivity contribution in [3.63, 3.8) is 0 Å². The number of likely N-dealkylation sites (N-methyl/N-ethyl adjacent to an activating group) is 1. The number of hydrogen-bond acceptors (Lipinski definition) is 1. The number of hydrogen-bond donors (Lipinski definition) is 0. The monoisotopic (exact) mass is 215 g/mol. The maximum absolute atomic E-state index is 3.72. The molecule has 0 saturated carbocycles. The third-order valence-corrected chi connectivity index (χ3v) is 2.11. The van der Waals surface area contributed by atoms with Crippen LogP contribution in [0, 0.1) is 0 Å². The van der Waals surface area contributed by atoms with E-state index in [4.69, 9.17) is 0 Å². The van der Waals surface area contributed by atoms with Gasteiger partial charge in [0, 0.05) is 6.04 Å². The van der Waals surface area contributed by atoms with Crippen molar-refractivity contribution in [2.75, 3.05) is 13.6 Å². The van der Waals surface area contributed by atoms with Crippen molar-refractivity contribution in [3.05, 3.63) is 12.7 Å². The molecule has 0 aromatic rings. The van der Waals surface area contributed by atoms with Gasteiger partial charge < -0.3 is 4.90 Å². The molecule has 0 aliphatic carbocycles. The molecular formula is C14H33N. The van der Waals surface area contributed by atoms with E-state index in [1.54, 1.807) is 0 Å². The summed E-state index contributed by atoms with van der Waals surface area (Å²) in [7, 11) is 2.12. The zero-order chi connectivity index (χ0) is 12.7. The summed E-state index contributed by atoms with van der Waals surface area (Å²) in [5.41, 5.74) is 0. The lowest BCUT2D eigenvalue weighted by Gasteiger charge is -2.20. The summed E-state index contributed by atoms with van der Waals surface area (Å²) in [6, 6.07) is 0.518. The summed E-state index contributed by atoms with van der Waals surface area (Å²) in [4.78, 5) is 2.28. The van der Waals surface area contributed by atoms with Crippen molar-refractivity contribution in [1.29, 1.82) is 0 Å². The van der Waals surface area contributed by atoms with E-state index in [2.05, 4.69) is 46.2 Å². The highest BCUT2D eigenvalue weighted by Crippen LogP contribution is 1.95. The summed E-state index contributed by atoms with van der Waals surface area (Å²) < 4.78 is 0. The predicted molar refractivity (Wildman–Crippen MR) is 74.5 cm³/mol. The van der Waals surface area contributed by atoms with Crippen LogP contribution in [0.15, 0.2) is 12.7 Å². The maximum atomic E-state index is 3.72. The molecule has 0 radical (unpaired) electrons. The lowest BCUT2D eigenvalue weighted by molar-refractivity contribution is 0.298. The molecule has 0 rings (SSSR count). The van der Waals surface area contributed by atoms with Crippen LogP contribution in [0.3, 0.4) is 0 Å². The van der Waals surface area contributed by atoms with Crippen LogP contribution < -0.4 is 0 Å². The van der Waals surface area contributed by atoms with E-state index in [0.717, 1.165) is 6.54 Å². The Morgan fingerprint density at radius 2 is 1.47 bits per heavy atom. The van der Waals surface area contributed by atoms with Crippen molar-refractivity contribution in [3.8, 4) is 0 Å². The minimum absolute atomic E-state index is 0.518. The Bertz CT molecular complexity index is 97.5. The Kier molecular flexibility index (Phi) is 25.9. The van der Waals surface area contributed by atoms with E-state index in [-0.39, 0.29) is 0 Å². The van der Waals surface area contributed by atoms with Crippen LogP contribution in [0.4, 0.5) is 0 Å². The molecule has 1 heteroatoms. The fraction of sp³-hybridized carbons (Fsp3) is 0.857. The second-order valence-electron chi connectivity index (χ2n) is 3.46. The molecule has 94 valence electrons. The molecule has 0 amide bonds. The molecule has 1 nitrogen and oxygen atoms in total. The highest BCUT2D eigenvalue weighted by atomic mass is 15.1. The van der Waals surface area contributed by atoms with E-state index in [0.29, 0.717) is 6.04 Å². The van der Waals surface area contributed by atoms with Gasteiger partial charge in [-0.15, -0.1) is 6.58 Å². The molecule has 0 aromatic carbocycles. The van der Waals surface area contributed by atoms with Crippen molar-refractivity contribution < 1.29 is 0 Å². The van der Waals surface area contributed by atoms with Crippen LogP contribution >= 0.6 is 0 Å². The van der Waals surface area contributed by atoms with Crippen LogP contribution in [0.1, 0.15) is 60.8 Å². The van der Waals surface area contributed by atoms with Gasteiger partial charge in [-0.05, 0) is 26.9 Å². The van der Waals surface area contributed by atoms with Crippen LogP contribution in [-0.2, 0) is 0 Å². The fourth-order valence-electron chi connectivity index (χ4n) is 0.736. The first-order valence-electron chi connectivity index (χ1n) is 6.46. The first-order chi connectivity index (χ1) is 7.13. The van der Waals surface area contributed by atoms with Gasteiger partial charge in [-0.1, -0.05) is 53.5 Å². The van der Waals surface area contributed by atoms with Crippen LogP contribution in [0.2, 0.25) is 0 Å². The molecule has 0 spiro atoms. The molecular weight excluding hydrogens is 182 g/mol. The SMILES string of the molecule is C=CC(C)N(C)CCC.CC.CCCC. The van der Waals surface area contributed by atoms with Crippen molar-refractivity contribution in [2.45, 2.75) is 66.8 Å². The number of unbranched alkanes of at least 4 members (excludes halogenated alkanes) is 1. The third kappa shape index (κ3) is 19.9. The van der Waals surface area contributed by atoms with Crippen molar-refractivity contribution >= 4 is 0 Å². The van der Waals surface area contributed by atoms with Crippen LogP contribution in [-0.4, -0.2) is 24.5 Å². The molecule has 1 atom stereocenters. The highest BCUT2D eigenvalue weighted by molar-refractivity contribution is 4.81. The number of nitrogens with zero attached hydrogens (tertiary/aromatic N) is 1. The Morgan fingerprint density at radius 1 is 1.07 bits per heavy atom. The standard InChI is InChI=1S/C8H17N.C4H10.C2H6/c1-5-7-9(4)8(3)6-2;1-3-4-2;1-2/h6,8H,2,5,7H2,1,3-4H3;3-4H2,1-2H3;1-2H3. The smallest absolute Gasteiger partial charge is 0.0244 e. The van der Waals surface area contributed by atoms with Gasteiger partial charge in [0.1, 0.15) is 0 Å². The Hall–Kier alpha value is -0.300. The zero-order valence-corrected chi connectivity index (χ0v) is 12.1. The Balaban J connectivity index is -0.000000202. The first-order valence-corrected chi connectivity index (χ1v) is 6.46. The summed E-state index contributed by atoms with van der Waals surface area (Å²) >= 11 is 0. The lowest BCUT2D eigenvalue weighted by Crippen LogP contribution is -2.27. The maximum Gasteiger partial charge on any atom is 0.0244 e. The summed E-state index contributed by atoms with van der Waals surface area (Å²) in [6.07, 6.45) is 5.82. The normalized spacial score (nSPS) is 10.7. The van der Waals surface area contributed by atoms with Crippen LogP contribution in [0.5, 0.6) is 0 Å². The highest BCUT2D eigenvalue weighted by Gasteiger charge is 2.00. The van der Waals surface area contributed by atoms with Gasteiger partial charge in [0.25, 0.3) is 0 Å². The fourth-order valence-corrected chi connectivity index (χ4v) is 0.736. The van der Waals surface area contributed by atoms with E-state index in [1.165, 1.54) is 19.3 Å². The molecule has 0 aliphatic rings. The molecule has 0 N–H and O–H groups in total. The topological polar surface area (TPSA) is 3.24 Å². The van der Waals surface area contributed by atoms with E-state index >= 15 is 0 Å². The van der Waals surface area contributed by atoms with Gasteiger partial charge >= 0.3 is 0 Å². The largest absolute Gasteiger partial charge is 0.300 e. The van der Waals surface area contributed by atoms with Crippen molar-refractivity contribution in [1.82, 2.24) is 4.90 Å². The predicted octanol–water partition coefficient (Wildman–Crippen LogP) is 4.74. The molecule has 0 aromatic heterocycles. The molecule has 0 fully saturated rings. The summed E-state index contributed by atoms with van der Waals surface area (Å²) in [5.74, 6) is 0. The average molecular weight is 215 g/mol. The van der Waals surface area contributed by atoms with Gasteiger partial charge in [-0.3, -0.25) is 0 Å². The minimum atomic E-state index is 0.518. The second-order valence-corrected chi connectivity index (χ2v) is 3.46. The van der Waals surface area contributed by atoms with E-state index < -0.39 is 0 Å². The number of rotatable bonds is 5. The summed E-state index contributed by atoms with van der Waals surface area (Å²) in [5, 5.41) is 0. The van der Waals surface area contributed by atoms with E-state index in [1.807, 2.05) is 19.9 Å². The van der Waals surface area contributed by atoms with Gasteiger partial charge in [-0.2, -0.15) is 0 Å². The first kappa shape index (κ1) is 20.2. The molecule has 0 saturated heterocycles. The lowest BCUT2D eigenvalue weighted by atomic mass is 10.3. The average Bonchev–Trinajstić information content (AvgIpc) is 2.31. The molecule has 1 unspecified atom stereocenters. The Labute approximate surface area is 98.6 Å². The summed E-state index contributed by atoms with van der Waals surface area (Å²) in [6.45, 7) is 17.6. The van der Waals surface area contributed by atoms with Crippen molar-refractivity contribution in [2.24, 2.45) is 0 Å². The van der Waals surface area contributed by atoms with Gasteiger partial charge in [0.05, 0.1) is 0 Å². The molecule has 0 bridgehead atoms. The third-order valence-electron chi connectivity index (χ3n) is 2.11. The van der Waals surface area contributed by atoms with Gasteiger partial charge in [0.15, 0.2) is 0 Å². The quantitative estimate of drug-likeness (QED) is 0.599.